The number of esters is 1. The number of benzene rings is 1. The van der Waals surface area contributed by atoms with Gasteiger partial charge < -0.3 is 14.2 Å². The molecule has 0 fully saturated rings. The third-order valence-corrected chi connectivity index (χ3v) is 3.52. The topological polar surface area (TPSA) is 44.8 Å². The van der Waals surface area contributed by atoms with Crippen LogP contribution in [-0.2, 0) is 9.53 Å². The molecule has 0 radical (unpaired) electrons. The molecule has 1 aromatic rings. The van der Waals surface area contributed by atoms with Gasteiger partial charge in [0.05, 0.1) is 26.7 Å². The first kappa shape index (κ1) is 13.1. The molecular formula is C13H16O4S. The van der Waals surface area contributed by atoms with Crippen molar-refractivity contribution in [1.29, 1.82) is 0 Å². The second-order valence-electron chi connectivity index (χ2n) is 3.83. The van der Waals surface area contributed by atoms with Gasteiger partial charge in [-0.25, -0.2) is 0 Å². The third-order valence-electron chi connectivity index (χ3n) is 2.52. The van der Waals surface area contributed by atoms with Crippen molar-refractivity contribution in [1.82, 2.24) is 0 Å². The summed E-state index contributed by atoms with van der Waals surface area (Å²) in [5.74, 6) is 2.10. The van der Waals surface area contributed by atoms with Gasteiger partial charge in [0.2, 0.25) is 0 Å². The van der Waals surface area contributed by atoms with E-state index in [0.717, 1.165) is 22.8 Å². The van der Waals surface area contributed by atoms with Crippen LogP contribution in [0.2, 0.25) is 0 Å². The van der Waals surface area contributed by atoms with E-state index in [0.29, 0.717) is 25.4 Å². The number of thioether (sulfide) groups is 1. The van der Waals surface area contributed by atoms with E-state index in [1.165, 1.54) is 7.11 Å². The molecule has 5 heteroatoms. The van der Waals surface area contributed by atoms with Gasteiger partial charge >= 0.3 is 5.97 Å². The second kappa shape index (κ2) is 6.54. The molecule has 0 amide bonds. The van der Waals surface area contributed by atoms with Crippen molar-refractivity contribution >= 4 is 17.7 Å². The molecule has 0 saturated heterocycles. The lowest BCUT2D eigenvalue weighted by Gasteiger charge is -2.08. The molecule has 0 bridgehead atoms. The van der Waals surface area contributed by atoms with Crippen LogP contribution in [0.5, 0.6) is 11.5 Å². The Hall–Kier alpha value is -1.36. The molecule has 1 aromatic carbocycles. The quantitative estimate of drug-likeness (QED) is 0.620. The summed E-state index contributed by atoms with van der Waals surface area (Å²) in [7, 11) is 1.40. The smallest absolute Gasteiger partial charge is 0.306 e. The Morgan fingerprint density at radius 1 is 1.33 bits per heavy atom. The van der Waals surface area contributed by atoms with E-state index in [4.69, 9.17) is 9.47 Å². The Morgan fingerprint density at radius 2 is 2.11 bits per heavy atom. The molecule has 1 aliphatic heterocycles. The second-order valence-corrected chi connectivity index (χ2v) is 5.00. The maximum Gasteiger partial charge on any atom is 0.306 e. The molecule has 0 aliphatic carbocycles. The summed E-state index contributed by atoms with van der Waals surface area (Å²) >= 11 is 1.61. The van der Waals surface area contributed by atoms with Crippen LogP contribution in [0, 0.1) is 0 Å². The Kier molecular flexibility index (Phi) is 4.75. The van der Waals surface area contributed by atoms with Gasteiger partial charge in [0.15, 0.2) is 11.5 Å². The van der Waals surface area contributed by atoms with Crippen LogP contribution < -0.4 is 9.47 Å². The van der Waals surface area contributed by atoms with Crippen LogP contribution in [-0.4, -0.2) is 32.0 Å². The molecule has 1 aliphatic rings. The minimum absolute atomic E-state index is 0.183. The number of methoxy groups -OCH3 is 1. The van der Waals surface area contributed by atoms with Gasteiger partial charge in [-0.05, 0) is 18.2 Å². The van der Waals surface area contributed by atoms with Crippen LogP contribution in [0.25, 0.3) is 0 Å². The first-order valence-electron chi connectivity index (χ1n) is 5.89. The first-order chi connectivity index (χ1) is 8.79. The van der Waals surface area contributed by atoms with E-state index in [2.05, 4.69) is 4.74 Å². The Morgan fingerprint density at radius 3 is 2.89 bits per heavy atom. The van der Waals surface area contributed by atoms with E-state index in [1.54, 1.807) is 11.8 Å². The predicted octanol–water partition coefficient (Wildman–Crippen LogP) is 2.50. The number of fused-ring (bicyclic) bond motifs is 1. The molecule has 2 rings (SSSR count). The van der Waals surface area contributed by atoms with Crippen LogP contribution in [0.1, 0.15) is 12.8 Å². The number of hydrogen-bond donors (Lipinski definition) is 0. The van der Waals surface area contributed by atoms with Crippen LogP contribution in [0.4, 0.5) is 0 Å². The zero-order valence-corrected chi connectivity index (χ0v) is 11.1. The molecule has 0 aromatic heterocycles. The van der Waals surface area contributed by atoms with Crippen LogP contribution >= 0.6 is 11.8 Å². The van der Waals surface area contributed by atoms with Gasteiger partial charge in [0, 0.05) is 17.1 Å². The zero-order valence-electron chi connectivity index (χ0n) is 10.3. The van der Waals surface area contributed by atoms with Crippen LogP contribution in [0.3, 0.4) is 0 Å². The maximum absolute atomic E-state index is 11.0. The summed E-state index contributed by atoms with van der Waals surface area (Å²) in [5, 5.41) is 0. The normalized spacial score (nSPS) is 13.8. The lowest BCUT2D eigenvalue weighted by atomic mass is 10.3. The van der Waals surface area contributed by atoms with Crippen molar-refractivity contribution in [3.63, 3.8) is 0 Å². The van der Waals surface area contributed by atoms with Gasteiger partial charge in [0.25, 0.3) is 0 Å². The summed E-state index contributed by atoms with van der Waals surface area (Å²) in [5.41, 5.74) is 0. The summed E-state index contributed by atoms with van der Waals surface area (Å²) < 4.78 is 15.8. The minimum Gasteiger partial charge on any atom is -0.490 e. The summed E-state index contributed by atoms with van der Waals surface area (Å²) in [4.78, 5) is 12.1. The van der Waals surface area contributed by atoms with E-state index in [1.807, 2.05) is 18.2 Å². The fourth-order valence-electron chi connectivity index (χ4n) is 1.59. The van der Waals surface area contributed by atoms with Gasteiger partial charge in [-0.15, -0.1) is 11.8 Å². The van der Waals surface area contributed by atoms with E-state index < -0.39 is 0 Å². The monoisotopic (exact) mass is 268 g/mol. The highest BCUT2D eigenvalue weighted by Crippen LogP contribution is 2.33. The third kappa shape index (κ3) is 3.57. The SMILES string of the molecule is COC(=O)CCSc1ccc2c(c1)OCCCO2. The molecule has 0 unspecified atom stereocenters. The van der Waals surface area contributed by atoms with Gasteiger partial charge in [-0.1, -0.05) is 0 Å². The molecule has 4 nitrogen and oxygen atoms in total. The largest absolute Gasteiger partial charge is 0.490 e. The Balaban J connectivity index is 1.93. The standard InChI is InChI=1S/C13H16O4S/c1-15-13(14)5-8-18-10-3-4-11-12(9-10)17-7-2-6-16-11/h3-4,9H,2,5-8H2,1H3. The molecular weight excluding hydrogens is 252 g/mol. The van der Waals surface area contributed by atoms with Crippen molar-refractivity contribution in [2.24, 2.45) is 0 Å². The number of carbonyl (C=O) groups is 1. The highest BCUT2D eigenvalue weighted by Gasteiger charge is 2.11. The highest BCUT2D eigenvalue weighted by molar-refractivity contribution is 7.99. The number of ether oxygens (including phenoxy) is 3. The van der Waals surface area contributed by atoms with Crippen molar-refractivity contribution in [3.8, 4) is 11.5 Å². The average molecular weight is 268 g/mol. The molecule has 0 spiro atoms. The van der Waals surface area contributed by atoms with Gasteiger partial charge in [0.1, 0.15) is 0 Å². The number of hydrogen-bond acceptors (Lipinski definition) is 5. The lowest BCUT2D eigenvalue weighted by molar-refractivity contribution is -0.140. The summed E-state index contributed by atoms with van der Waals surface area (Å²) in [6.45, 7) is 1.38. The number of rotatable bonds is 4. The fraction of sp³-hybridized carbons (Fsp3) is 0.462. The van der Waals surface area contributed by atoms with E-state index >= 15 is 0 Å². The fourth-order valence-corrected chi connectivity index (χ4v) is 2.45. The maximum atomic E-state index is 11.0. The molecule has 0 saturated carbocycles. The van der Waals surface area contributed by atoms with Gasteiger partial charge in [-0.3, -0.25) is 4.79 Å². The average Bonchev–Trinajstić information content (AvgIpc) is 2.63. The van der Waals surface area contributed by atoms with E-state index in [-0.39, 0.29) is 5.97 Å². The molecule has 98 valence electrons. The zero-order chi connectivity index (χ0) is 12.8. The van der Waals surface area contributed by atoms with Crippen molar-refractivity contribution in [2.45, 2.75) is 17.7 Å². The summed E-state index contributed by atoms with van der Waals surface area (Å²) in [6, 6.07) is 5.86. The first-order valence-corrected chi connectivity index (χ1v) is 6.87. The van der Waals surface area contributed by atoms with Crippen molar-refractivity contribution in [3.05, 3.63) is 18.2 Å². The lowest BCUT2D eigenvalue weighted by Crippen LogP contribution is -2.00. The summed E-state index contributed by atoms with van der Waals surface area (Å²) in [6.07, 6.45) is 1.31. The molecule has 1 heterocycles. The Labute approximate surface area is 111 Å². The van der Waals surface area contributed by atoms with Crippen molar-refractivity contribution in [2.75, 3.05) is 26.1 Å². The predicted molar refractivity (Wildman–Crippen MR) is 69.4 cm³/mol. The molecule has 0 atom stereocenters. The van der Waals surface area contributed by atoms with E-state index in [9.17, 15) is 4.79 Å². The van der Waals surface area contributed by atoms with Gasteiger partial charge in [-0.2, -0.15) is 0 Å². The van der Waals surface area contributed by atoms with Crippen LogP contribution in [0.15, 0.2) is 23.1 Å². The minimum atomic E-state index is -0.183. The van der Waals surface area contributed by atoms with Crippen molar-refractivity contribution < 1.29 is 19.0 Å². The molecule has 0 N–H and O–H groups in total. The highest BCUT2D eigenvalue weighted by atomic mass is 32.2. The molecule has 18 heavy (non-hydrogen) atoms. The number of carbonyl (C=O) groups excluding carboxylic acids is 1. The Bertz CT molecular complexity index is 419.